The summed E-state index contributed by atoms with van der Waals surface area (Å²) in [6.07, 6.45) is 2.89. The summed E-state index contributed by atoms with van der Waals surface area (Å²) >= 11 is 0. The third-order valence-electron chi connectivity index (χ3n) is 3.58. The van der Waals surface area contributed by atoms with Gasteiger partial charge < -0.3 is 9.67 Å². The predicted molar refractivity (Wildman–Crippen MR) is 70.9 cm³/mol. The van der Waals surface area contributed by atoms with Gasteiger partial charge in [0, 0.05) is 26.8 Å². The van der Waals surface area contributed by atoms with Crippen LogP contribution in [0.2, 0.25) is 0 Å². The van der Waals surface area contributed by atoms with Crippen LogP contribution in [0, 0.1) is 0 Å². The Morgan fingerprint density at radius 3 is 2.45 bits per heavy atom. The molecule has 2 rings (SSSR count). The molecule has 0 aliphatic heterocycles. The van der Waals surface area contributed by atoms with Gasteiger partial charge in [-0.25, -0.2) is 17.9 Å². The molecule has 0 bridgehead atoms. The first kappa shape index (κ1) is 14.9. The number of hydrogen-bond acceptors (Lipinski definition) is 5. The van der Waals surface area contributed by atoms with Crippen LogP contribution >= 0.6 is 0 Å². The molecule has 1 aromatic heterocycles. The highest BCUT2D eigenvalue weighted by molar-refractivity contribution is 7.89. The van der Waals surface area contributed by atoms with Crippen molar-refractivity contribution in [3.05, 3.63) is 27.0 Å². The largest absolute Gasteiger partial charge is 0.389 e. The maximum Gasteiger partial charge on any atom is 0.330 e. The Labute approximate surface area is 115 Å². The van der Waals surface area contributed by atoms with E-state index in [1.54, 1.807) is 0 Å². The van der Waals surface area contributed by atoms with E-state index in [0.717, 1.165) is 21.8 Å². The molecule has 1 aliphatic rings. The number of aromatic nitrogens is 2. The Balaban J connectivity index is 2.35. The number of nitrogens with zero attached hydrogens (tertiary/aromatic N) is 2. The van der Waals surface area contributed by atoms with Crippen LogP contribution in [0.15, 0.2) is 20.7 Å². The molecular weight excluding hydrogens is 286 g/mol. The van der Waals surface area contributed by atoms with Crippen LogP contribution in [0.4, 0.5) is 0 Å². The van der Waals surface area contributed by atoms with Gasteiger partial charge in [0.25, 0.3) is 5.56 Å². The minimum atomic E-state index is -4.07. The molecule has 0 radical (unpaired) electrons. The summed E-state index contributed by atoms with van der Waals surface area (Å²) in [6, 6.07) is 0. The second-order valence-corrected chi connectivity index (χ2v) is 6.89. The fraction of sp³-hybridized carbons (Fsp3) is 0.636. The van der Waals surface area contributed by atoms with E-state index in [4.69, 9.17) is 0 Å². The summed E-state index contributed by atoms with van der Waals surface area (Å²) in [5.74, 6) is 0. The number of hydrogen-bond donors (Lipinski definition) is 2. The molecule has 1 aliphatic carbocycles. The van der Waals surface area contributed by atoms with Crippen molar-refractivity contribution in [2.75, 3.05) is 6.54 Å². The molecule has 112 valence electrons. The van der Waals surface area contributed by atoms with Crippen LogP contribution in [0.3, 0.4) is 0 Å². The van der Waals surface area contributed by atoms with E-state index in [-0.39, 0.29) is 6.54 Å². The SMILES string of the molecule is Cn1cc(S(=O)(=O)NCC2(O)CCC2)c(=O)n(C)c1=O. The molecule has 20 heavy (non-hydrogen) atoms. The number of sulfonamides is 1. The fourth-order valence-electron chi connectivity index (χ4n) is 2.03. The molecule has 1 saturated carbocycles. The van der Waals surface area contributed by atoms with Crippen LogP contribution < -0.4 is 16.0 Å². The van der Waals surface area contributed by atoms with Gasteiger partial charge >= 0.3 is 5.69 Å². The highest BCUT2D eigenvalue weighted by Crippen LogP contribution is 2.30. The summed E-state index contributed by atoms with van der Waals surface area (Å²) < 4.78 is 28.2. The van der Waals surface area contributed by atoms with Crippen molar-refractivity contribution < 1.29 is 13.5 Å². The molecule has 0 unspecified atom stereocenters. The summed E-state index contributed by atoms with van der Waals surface area (Å²) in [6.45, 7) is -0.138. The summed E-state index contributed by atoms with van der Waals surface area (Å²) in [4.78, 5) is 22.9. The second-order valence-electron chi connectivity index (χ2n) is 5.15. The van der Waals surface area contributed by atoms with Crippen molar-refractivity contribution in [3.63, 3.8) is 0 Å². The monoisotopic (exact) mass is 303 g/mol. The minimum Gasteiger partial charge on any atom is -0.389 e. The summed E-state index contributed by atoms with van der Waals surface area (Å²) in [7, 11) is -1.49. The van der Waals surface area contributed by atoms with Gasteiger partial charge in [-0.2, -0.15) is 0 Å². The molecule has 0 amide bonds. The van der Waals surface area contributed by atoms with Gasteiger partial charge in [-0.1, -0.05) is 0 Å². The van der Waals surface area contributed by atoms with Gasteiger partial charge in [0.2, 0.25) is 10.0 Å². The lowest BCUT2D eigenvalue weighted by atomic mass is 9.81. The number of rotatable bonds is 4. The predicted octanol–water partition coefficient (Wildman–Crippen LogP) is -1.72. The number of nitrogens with one attached hydrogen (secondary N) is 1. The van der Waals surface area contributed by atoms with E-state index in [0.29, 0.717) is 12.8 Å². The highest BCUT2D eigenvalue weighted by Gasteiger charge is 2.36. The first-order valence-corrected chi connectivity index (χ1v) is 7.63. The Kier molecular flexibility index (Phi) is 3.61. The lowest BCUT2D eigenvalue weighted by Gasteiger charge is -2.36. The fourth-order valence-corrected chi connectivity index (χ4v) is 3.31. The molecular formula is C11H17N3O5S. The zero-order valence-electron chi connectivity index (χ0n) is 11.3. The Morgan fingerprint density at radius 2 is 1.95 bits per heavy atom. The average molecular weight is 303 g/mol. The van der Waals surface area contributed by atoms with Gasteiger partial charge in [-0.05, 0) is 19.3 Å². The van der Waals surface area contributed by atoms with Crippen LogP contribution in [0.25, 0.3) is 0 Å². The highest BCUT2D eigenvalue weighted by atomic mass is 32.2. The minimum absolute atomic E-state index is 0.138. The maximum atomic E-state index is 12.1. The number of aliphatic hydroxyl groups is 1. The van der Waals surface area contributed by atoms with Gasteiger partial charge in [0.1, 0.15) is 0 Å². The van der Waals surface area contributed by atoms with E-state index in [9.17, 15) is 23.1 Å². The lowest BCUT2D eigenvalue weighted by Crippen LogP contribution is -2.49. The standard InChI is InChI=1S/C11H17N3O5S/c1-13-6-8(9(15)14(2)10(13)16)20(18,19)12-7-11(17)4-3-5-11/h6,12,17H,3-5,7H2,1-2H3. The van der Waals surface area contributed by atoms with E-state index in [1.807, 2.05) is 0 Å². The van der Waals surface area contributed by atoms with E-state index in [1.165, 1.54) is 14.1 Å². The molecule has 0 aromatic carbocycles. The molecule has 0 saturated heterocycles. The summed E-state index contributed by atoms with van der Waals surface area (Å²) in [5, 5.41) is 9.88. The van der Waals surface area contributed by atoms with Gasteiger partial charge in [-0.15, -0.1) is 0 Å². The van der Waals surface area contributed by atoms with Crippen molar-refractivity contribution in [2.24, 2.45) is 14.1 Å². The van der Waals surface area contributed by atoms with Crippen LogP contribution in [-0.2, 0) is 24.1 Å². The maximum absolute atomic E-state index is 12.1. The third kappa shape index (κ3) is 2.56. The second kappa shape index (κ2) is 4.83. The zero-order valence-corrected chi connectivity index (χ0v) is 12.1. The molecule has 1 fully saturated rings. The molecule has 9 heteroatoms. The van der Waals surface area contributed by atoms with Gasteiger partial charge in [0.05, 0.1) is 5.60 Å². The summed E-state index contributed by atoms with van der Waals surface area (Å²) in [5.41, 5.74) is -2.52. The zero-order chi connectivity index (χ0) is 15.1. The Morgan fingerprint density at radius 1 is 1.35 bits per heavy atom. The van der Waals surface area contributed by atoms with E-state index < -0.39 is 31.8 Å². The average Bonchev–Trinajstić information content (AvgIpc) is 2.35. The van der Waals surface area contributed by atoms with Crippen LogP contribution in [0.1, 0.15) is 19.3 Å². The normalized spacial score (nSPS) is 17.8. The van der Waals surface area contributed by atoms with Crippen molar-refractivity contribution in [2.45, 2.75) is 29.8 Å². The van der Waals surface area contributed by atoms with Crippen molar-refractivity contribution >= 4 is 10.0 Å². The molecule has 0 atom stereocenters. The quantitative estimate of drug-likeness (QED) is 0.687. The van der Waals surface area contributed by atoms with Gasteiger partial charge in [-0.3, -0.25) is 9.36 Å². The molecule has 2 N–H and O–H groups in total. The van der Waals surface area contributed by atoms with Crippen LogP contribution in [0.5, 0.6) is 0 Å². The molecule has 1 aromatic rings. The number of aryl methyl sites for hydroxylation is 1. The van der Waals surface area contributed by atoms with E-state index >= 15 is 0 Å². The molecule has 0 spiro atoms. The van der Waals surface area contributed by atoms with Crippen molar-refractivity contribution in [1.82, 2.24) is 13.9 Å². The molecule has 1 heterocycles. The Hall–Kier alpha value is -1.45. The van der Waals surface area contributed by atoms with Crippen molar-refractivity contribution in [1.29, 1.82) is 0 Å². The van der Waals surface area contributed by atoms with Crippen LogP contribution in [-0.4, -0.2) is 34.8 Å². The smallest absolute Gasteiger partial charge is 0.330 e. The molecule has 8 nitrogen and oxygen atoms in total. The van der Waals surface area contributed by atoms with E-state index in [2.05, 4.69) is 4.72 Å². The lowest BCUT2D eigenvalue weighted by molar-refractivity contribution is -0.0271. The first-order chi connectivity index (χ1) is 9.16. The topological polar surface area (TPSA) is 110 Å². The Bertz CT molecular complexity index is 742. The van der Waals surface area contributed by atoms with Gasteiger partial charge in [0.15, 0.2) is 4.90 Å². The third-order valence-corrected chi connectivity index (χ3v) is 4.96. The van der Waals surface area contributed by atoms with Crippen molar-refractivity contribution in [3.8, 4) is 0 Å². The first-order valence-electron chi connectivity index (χ1n) is 6.15.